The number of nitrogens with one attached hydrogen (secondary N) is 1. The number of hydrogen-bond donors (Lipinski definition) is 2. The Balaban J connectivity index is 1.49. The summed E-state index contributed by atoms with van der Waals surface area (Å²) >= 11 is 0. The Hall–Kier alpha value is -1.81. The van der Waals surface area contributed by atoms with E-state index in [-0.39, 0.29) is 17.4 Å². The summed E-state index contributed by atoms with van der Waals surface area (Å²) in [6, 6.07) is 8.15. The van der Waals surface area contributed by atoms with Gasteiger partial charge in [0.15, 0.2) is 0 Å². The average molecular weight is 312 g/mol. The molecule has 1 saturated heterocycles. The third-order valence-corrected chi connectivity index (χ3v) is 5.62. The number of aromatic nitrogens is 1. The highest BCUT2D eigenvalue weighted by molar-refractivity contribution is 5.83. The summed E-state index contributed by atoms with van der Waals surface area (Å²) in [7, 11) is 0. The van der Waals surface area contributed by atoms with Crippen molar-refractivity contribution in [1.82, 2.24) is 9.88 Å². The number of aliphatic hydroxyl groups excluding tert-OH is 1. The number of nitrogens with zero attached hydrogens (tertiary/aromatic N) is 1. The van der Waals surface area contributed by atoms with Crippen LogP contribution < -0.4 is 0 Å². The molecule has 0 bridgehead atoms. The lowest BCUT2D eigenvalue weighted by molar-refractivity contribution is -0.137. The molecule has 2 fully saturated rings. The molecular formula is C19H24N2O2. The van der Waals surface area contributed by atoms with Crippen molar-refractivity contribution < 1.29 is 9.90 Å². The molecule has 122 valence electrons. The quantitative estimate of drug-likeness (QED) is 0.896. The van der Waals surface area contributed by atoms with Gasteiger partial charge in [-0.3, -0.25) is 4.79 Å². The van der Waals surface area contributed by atoms with E-state index in [4.69, 9.17) is 0 Å². The highest BCUT2D eigenvalue weighted by Gasteiger charge is 2.42. The number of fused-ring (bicyclic) bond motifs is 1. The highest BCUT2D eigenvalue weighted by atomic mass is 16.3. The van der Waals surface area contributed by atoms with Crippen LogP contribution in [0.5, 0.6) is 0 Å². The molecule has 2 aliphatic rings. The molecule has 1 unspecified atom stereocenters. The van der Waals surface area contributed by atoms with E-state index in [1.165, 1.54) is 12.8 Å². The molecule has 1 aliphatic heterocycles. The molecule has 1 aromatic heterocycles. The molecule has 1 aromatic carbocycles. The Bertz CT molecular complexity index is 715. The van der Waals surface area contributed by atoms with Crippen LogP contribution in [0.25, 0.3) is 10.9 Å². The minimum atomic E-state index is -0.363. The fourth-order valence-corrected chi connectivity index (χ4v) is 4.53. The Kier molecular flexibility index (Phi) is 3.64. The van der Waals surface area contributed by atoms with Crippen molar-refractivity contribution in [1.29, 1.82) is 0 Å². The predicted molar refractivity (Wildman–Crippen MR) is 90.1 cm³/mol. The van der Waals surface area contributed by atoms with Crippen molar-refractivity contribution in [3.05, 3.63) is 36.0 Å². The van der Waals surface area contributed by atoms with Crippen LogP contribution in [0.4, 0.5) is 0 Å². The SMILES string of the molecule is O=C(Cc1ccc2[nH]ccc2c1)N1CC(O)CC2(CCCC2)C1. The maximum atomic E-state index is 12.7. The van der Waals surface area contributed by atoms with Crippen LogP contribution in [-0.4, -0.2) is 40.1 Å². The number of carbonyl (C=O) groups is 1. The number of aliphatic hydroxyl groups is 1. The molecule has 4 nitrogen and oxygen atoms in total. The zero-order chi connectivity index (χ0) is 15.9. The van der Waals surface area contributed by atoms with Crippen molar-refractivity contribution in [2.24, 2.45) is 5.41 Å². The summed E-state index contributed by atoms with van der Waals surface area (Å²) < 4.78 is 0. The molecule has 1 saturated carbocycles. The van der Waals surface area contributed by atoms with Gasteiger partial charge in [-0.15, -0.1) is 0 Å². The number of hydrogen-bond acceptors (Lipinski definition) is 2. The van der Waals surface area contributed by atoms with Gasteiger partial charge in [0.2, 0.25) is 5.91 Å². The predicted octanol–water partition coefficient (Wildman–Crippen LogP) is 2.86. The first-order valence-corrected chi connectivity index (χ1v) is 8.65. The summed E-state index contributed by atoms with van der Waals surface area (Å²) in [5, 5.41) is 11.4. The van der Waals surface area contributed by atoms with Crippen molar-refractivity contribution in [2.75, 3.05) is 13.1 Å². The number of rotatable bonds is 2. The Labute approximate surface area is 136 Å². The van der Waals surface area contributed by atoms with Gasteiger partial charge in [-0.05, 0) is 53.8 Å². The van der Waals surface area contributed by atoms with Gasteiger partial charge >= 0.3 is 0 Å². The van der Waals surface area contributed by atoms with Gasteiger partial charge in [-0.25, -0.2) is 0 Å². The second-order valence-electron chi connectivity index (χ2n) is 7.42. The lowest BCUT2D eigenvalue weighted by Gasteiger charge is -2.43. The number of piperidine rings is 1. The molecule has 23 heavy (non-hydrogen) atoms. The fourth-order valence-electron chi connectivity index (χ4n) is 4.53. The first-order valence-electron chi connectivity index (χ1n) is 8.65. The summed E-state index contributed by atoms with van der Waals surface area (Å²) in [6.07, 6.45) is 7.62. The molecule has 1 aliphatic carbocycles. The first-order chi connectivity index (χ1) is 11.1. The van der Waals surface area contributed by atoms with Crippen molar-refractivity contribution in [3.8, 4) is 0 Å². The van der Waals surface area contributed by atoms with Crippen LogP contribution in [0, 0.1) is 5.41 Å². The van der Waals surface area contributed by atoms with Crippen LogP contribution in [-0.2, 0) is 11.2 Å². The molecule has 1 amide bonds. The third kappa shape index (κ3) is 2.88. The van der Waals surface area contributed by atoms with Crippen molar-refractivity contribution >= 4 is 16.8 Å². The van der Waals surface area contributed by atoms with E-state index in [9.17, 15) is 9.90 Å². The molecule has 0 radical (unpaired) electrons. The molecule has 2 heterocycles. The number of aromatic amines is 1. The van der Waals surface area contributed by atoms with Crippen LogP contribution >= 0.6 is 0 Å². The zero-order valence-corrected chi connectivity index (χ0v) is 13.4. The van der Waals surface area contributed by atoms with Gasteiger partial charge in [0.1, 0.15) is 0 Å². The Morgan fingerprint density at radius 3 is 2.96 bits per heavy atom. The maximum Gasteiger partial charge on any atom is 0.227 e. The van der Waals surface area contributed by atoms with Gasteiger partial charge in [-0.1, -0.05) is 18.9 Å². The van der Waals surface area contributed by atoms with E-state index in [2.05, 4.69) is 11.1 Å². The van der Waals surface area contributed by atoms with E-state index in [1.807, 2.05) is 29.3 Å². The Morgan fingerprint density at radius 1 is 1.30 bits per heavy atom. The number of β-amino-alcohol motifs (C(OH)–C–C–N with tert-alkyl or cyclic N) is 1. The fraction of sp³-hybridized carbons (Fsp3) is 0.526. The minimum Gasteiger partial charge on any atom is -0.391 e. The van der Waals surface area contributed by atoms with Crippen LogP contribution in [0.3, 0.4) is 0 Å². The number of likely N-dealkylation sites (tertiary alicyclic amines) is 1. The van der Waals surface area contributed by atoms with Gasteiger partial charge in [0, 0.05) is 24.8 Å². The molecule has 2 aromatic rings. The monoisotopic (exact) mass is 312 g/mol. The highest BCUT2D eigenvalue weighted by Crippen LogP contribution is 2.44. The van der Waals surface area contributed by atoms with Gasteiger partial charge in [0.25, 0.3) is 0 Å². The van der Waals surface area contributed by atoms with Crippen LogP contribution in [0.1, 0.15) is 37.7 Å². The number of amides is 1. The minimum absolute atomic E-state index is 0.143. The van der Waals surface area contributed by atoms with E-state index in [1.54, 1.807) is 0 Å². The topological polar surface area (TPSA) is 56.3 Å². The smallest absolute Gasteiger partial charge is 0.227 e. The average Bonchev–Trinajstić information content (AvgIpc) is 3.15. The zero-order valence-electron chi connectivity index (χ0n) is 13.4. The van der Waals surface area contributed by atoms with Crippen molar-refractivity contribution in [2.45, 2.75) is 44.6 Å². The van der Waals surface area contributed by atoms with E-state index in [0.717, 1.165) is 42.3 Å². The molecule has 4 rings (SSSR count). The number of carbonyl (C=O) groups excluding carboxylic acids is 1. The third-order valence-electron chi connectivity index (χ3n) is 5.62. The lowest BCUT2D eigenvalue weighted by Crippen LogP contribution is -2.51. The van der Waals surface area contributed by atoms with Gasteiger partial charge in [0.05, 0.1) is 12.5 Å². The molecule has 1 atom stereocenters. The number of benzene rings is 1. The summed E-state index contributed by atoms with van der Waals surface area (Å²) in [4.78, 5) is 17.8. The maximum absolute atomic E-state index is 12.7. The van der Waals surface area contributed by atoms with Crippen LogP contribution in [0.2, 0.25) is 0 Å². The lowest BCUT2D eigenvalue weighted by atomic mass is 9.77. The molecular weight excluding hydrogens is 288 g/mol. The van der Waals surface area contributed by atoms with Gasteiger partial charge in [-0.2, -0.15) is 0 Å². The standard InChI is InChI=1S/C19H24N2O2/c22-16-11-19(6-1-2-7-19)13-21(12-16)18(23)10-14-3-4-17-15(9-14)5-8-20-17/h3-5,8-9,16,20,22H,1-2,6-7,10-13H2. The molecule has 4 heteroatoms. The van der Waals surface area contributed by atoms with Gasteiger partial charge < -0.3 is 15.0 Å². The van der Waals surface area contributed by atoms with E-state index < -0.39 is 0 Å². The molecule has 2 N–H and O–H groups in total. The summed E-state index contributed by atoms with van der Waals surface area (Å²) in [5.74, 6) is 0.143. The van der Waals surface area contributed by atoms with Crippen LogP contribution in [0.15, 0.2) is 30.5 Å². The second-order valence-corrected chi connectivity index (χ2v) is 7.42. The van der Waals surface area contributed by atoms with E-state index in [0.29, 0.717) is 13.0 Å². The van der Waals surface area contributed by atoms with Crippen molar-refractivity contribution in [3.63, 3.8) is 0 Å². The first kappa shape index (κ1) is 14.8. The Morgan fingerprint density at radius 2 is 2.13 bits per heavy atom. The largest absolute Gasteiger partial charge is 0.391 e. The second kappa shape index (κ2) is 5.68. The normalized spacial score (nSPS) is 23.7. The number of H-pyrrole nitrogens is 1. The van der Waals surface area contributed by atoms with E-state index >= 15 is 0 Å². The summed E-state index contributed by atoms with van der Waals surface area (Å²) in [5.41, 5.74) is 2.32. The molecule has 1 spiro atoms. The summed E-state index contributed by atoms with van der Waals surface area (Å²) in [6.45, 7) is 1.32.